The normalized spacial score (nSPS) is 10.8. The lowest BCUT2D eigenvalue weighted by Gasteiger charge is -1.98. The lowest BCUT2D eigenvalue weighted by molar-refractivity contribution is -0.111. The number of aromatic nitrogens is 2. The van der Waals surface area contributed by atoms with Gasteiger partial charge in [-0.05, 0) is 23.8 Å². The van der Waals surface area contributed by atoms with Gasteiger partial charge in [-0.15, -0.1) is 0 Å². The average molecular weight is 282 g/mol. The Labute approximate surface area is 114 Å². The van der Waals surface area contributed by atoms with Crippen LogP contribution in [-0.4, -0.2) is 15.9 Å². The Bertz CT molecular complexity index is 579. The summed E-state index contributed by atoms with van der Waals surface area (Å²) < 4.78 is 0. The van der Waals surface area contributed by atoms with Crippen LogP contribution in [0, 0.1) is 0 Å². The number of H-pyrrole nitrogens is 1. The Balaban J connectivity index is 2.01. The van der Waals surface area contributed by atoms with Crippen LogP contribution in [0.5, 0.6) is 0 Å². The van der Waals surface area contributed by atoms with E-state index in [0.717, 1.165) is 5.56 Å². The van der Waals surface area contributed by atoms with E-state index in [-0.39, 0.29) is 5.91 Å². The van der Waals surface area contributed by atoms with Crippen molar-refractivity contribution in [2.24, 2.45) is 0 Å². The zero-order valence-corrected chi connectivity index (χ0v) is 10.7. The van der Waals surface area contributed by atoms with Crippen LogP contribution in [-0.2, 0) is 4.79 Å². The summed E-state index contributed by atoms with van der Waals surface area (Å²) in [7, 11) is 0. The number of imidazole rings is 1. The molecule has 0 saturated carbocycles. The third kappa shape index (κ3) is 3.35. The molecule has 0 spiro atoms. The summed E-state index contributed by atoms with van der Waals surface area (Å²) in [6.07, 6.45) is 6.21. The first-order valence-electron chi connectivity index (χ1n) is 5.08. The zero-order chi connectivity index (χ0) is 13.0. The molecule has 0 aliphatic heterocycles. The van der Waals surface area contributed by atoms with Crippen LogP contribution in [0.3, 0.4) is 0 Å². The predicted octanol–water partition coefficient (Wildman–Crippen LogP) is 3.37. The van der Waals surface area contributed by atoms with Crippen LogP contribution in [0.1, 0.15) is 5.56 Å². The highest BCUT2D eigenvalue weighted by molar-refractivity contribution is 6.42. The van der Waals surface area contributed by atoms with Gasteiger partial charge in [0.25, 0.3) is 5.91 Å². The molecule has 0 aliphatic carbocycles. The molecule has 4 nitrogen and oxygen atoms in total. The number of benzene rings is 1. The molecule has 0 radical (unpaired) electrons. The van der Waals surface area contributed by atoms with Crippen LogP contribution < -0.4 is 5.32 Å². The number of carbonyl (C=O) groups excluding carboxylic acids is 1. The van der Waals surface area contributed by atoms with Crippen molar-refractivity contribution in [3.63, 3.8) is 0 Å². The summed E-state index contributed by atoms with van der Waals surface area (Å²) >= 11 is 11.7. The molecule has 1 aromatic heterocycles. The summed E-state index contributed by atoms with van der Waals surface area (Å²) in [5.41, 5.74) is 0.791. The zero-order valence-electron chi connectivity index (χ0n) is 9.15. The van der Waals surface area contributed by atoms with Crippen molar-refractivity contribution in [1.82, 2.24) is 9.97 Å². The molecule has 2 rings (SSSR count). The number of hydrogen-bond donors (Lipinski definition) is 2. The second-order valence-corrected chi connectivity index (χ2v) is 4.25. The first-order chi connectivity index (χ1) is 8.65. The Morgan fingerprint density at radius 2 is 2.17 bits per heavy atom. The van der Waals surface area contributed by atoms with Gasteiger partial charge in [0, 0.05) is 18.5 Å². The quantitative estimate of drug-likeness (QED) is 0.848. The van der Waals surface area contributed by atoms with Crippen LogP contribution >= 0.6 is 23.2 Å². The standard InChI is InChI=1S/C12H9Cl2N3O/c13-9-3-1-8(7-10(9)14)2-4-11(18)17-12-15-5-6-16-12/h1-7H,(H2,15,16,17,18). The second kappa shape index (κ2) is 5.71. The molecule has 6 heteroatoms. The lowest BCUT2D eigenvalue weighted by atomic mass is 10.2. The van der Waals surface area contributed by atoms with Crippen molar-refractivity contribution in [2.45, 2.75) is 0 Å². The predicted molar refractivity (Wildman–Crippen MR) is 72.7 cm³/mol. The van der Waals surface area contributed by atoms with Gasteiger partial charge in [0.05, 0.1) is 10.0 Å². The molecule has 2 aromatic rings. The van der Waals surface area contributed by atoms with E-state index in [1.165, 1.54) is 6.08 Å². The molecule has 1 heterocycles. The fraction of sp³-hybridized carbons (Fsp3) is 0. The summed E-state index contributed by atoms with van der Waals surface area (Å²) in [6.45, 7) is 0. The maximum Gasteiger partial charge on any atom is 0.250 e. The van der Waals surface area contributed by atoms with E-state index in [4.69, 9.17) is 23.2 Å². The van der Waals surface area contributed by atoms with E-state index >= 15 is 0 Å². The first kappa shape index (κ1) is 12.7. The highest BCUT2D eigenvalue weighted by Gasteiger charge is 2.00. The first-order valence-corrected chi connectivity index (χ1v) is 5.84. The number of carbonyl (C=O) groups is 1. The largest absolute Gasteiger partial charge is 0.331 e. The molecule has 0 aliphatic rings. The second-order valence-electron chi connectivity index (χ2n) is 3.43. The molecular weight excluding hydrogens is 273 g/mol. The number of nitrogens with zero attached hydrogens (tertiary/aromatic N) is 1. The molecule has 0 atom stereocenters. The van der Waals surface area contributed by atoms with Crippen molar-refractivity contribution in [3.8, 4) is 0 Å². The smallest absolute Gasteiger partial charge is 0.250 e. The summed E-state index contributed by atoms with van der Waals surface area (Å²) in [4.78, 5) is 18.2. The van der Waals surface area contributed by atoms with E-state index < -0.39 is 0 Å². The molecular formula is C12H9Cl2N3O. The van der Waals surface area contributed by atoms with E-state index in [2.05, 4.69) is 15.3 Å². The Hall–Kier alpha value is -1.78. The maximum absolute atomic E-state index is 11.5. The van der Waals surface area contributed by atoms with Crippen molar-refractivity contribution < 1.29 is 4.79 Å². The van der Waals surface area contributed by atoms with Gasteiger partial charge in [-0.3, -0.25) is 10.1 Å². The molecule has 0 unspecified atom stereocenters. The molecule has 1 amide bonds. The fourth-order valence-electron chi connectivity index (χ4n) is 1.28. The Kier molecular flexibility index (Phi) is 4.02. The van der Waals surface area contributed by atoms with Crippen LogP contribution in [0.25, 0.3) is 6.08 Å². The van der Waals surface area contributed by atoms with Gasteiger partial charge in [0.2, 0.25) is 5.95 Å². The van der Waals surface area contributed by atoms with Gasteiger partial charge in [-0.1, -0.05) is 29.3 Å². The summed E-state index contributed by atoms with van der Waals surface area (Å²) in [5, 5.41) is 3.50. The number of hydrogen-bond acceptors (Lipinski definition) is 2. The van der Waals surface area contributed by atoms with Gasteiger partial charge in [-0.2, -0.15) is 0 Å². The number of nitrogens with one attached hydrogen (secondary N) is 2. The highest BCUT2D eigenvalue weighted by Crippen LogP contribution is 2.23. The van der Waals surface area contributed by atoms with Gasteiger partial charge < -0.3 is 4.98 Å². The van der Waals surface area contributed by atoms with E-state index in [1.54, 1.807) is 36.7 Å². The number of rotatable bonds is 3. The van der Waals surface area contributed by atoms with Gasteiger partial charge in [0.1, 0.15) is 0 Å². The van der Waals surface area contributed by atoms with Crippen LogP contribution in [0.2, 0.25) is 10.0 Å². The number of aromatic amines is 1. The minimum absolute atomic E-state index is 0.281. The van der Waals surface area contributed by atoms with E-state index in [9.17, 15) is 4.79 Å². The minimum Gasteiger partial charge on any atom is -0.331 e. The van der Waals surface area contributed by atoms with Gasteiger partial charge in [-0.25, -0.2) is 4.98 Å². The molecule has 0 bridgehead atoms. The van der Waals surface area contributed by atoms with Gasteiger partial charge >= 0.3 is 0 Å². The van der Waals surface area contributed by atoms with Crippen molar-refractivity contribution >= 4 is 41.1 Å². The number of anilines is 1. The topological polar surface area (TPSA) is 57.8 Å². The third-order valence-electron chi connectivity index (χ3n) is 2.11. The van der Waals surface area contributed by atoms with Crippen LogP contribution in [0.15, 0.2) is 36.7 Å². The maximum atomic E-state index is 11.5. The minimum atomic E-state index is -0.281. The molecule has 1 aromatic carbocycles. The average Bonchev–Trinajstić information content (AvgIpc) is 2.83. The lowest BCUT2D eigenvalue weighted by Crippen LogP contribution is -2.08. The molecule has 92 valence electrons. The Morgan fingerprint density at radius 1 is 1.33 bits per heavy atom. The SMILES string of the molecule is O=C(C=Cc1ccc(Cl)c(Cl)c1)Nc1ncc[nH]1. The molecule has 0 fully saturated rings. The molecule has 18 heavy (non-hydrogen) atoms. The van der Waals surface area contributed by atoms with E-state index in [1.807, 2.05) is 0 Å². The molecule has 0 saturated heterocycles. The van der Waals surface area contributed by atoms with E-state index in [0.29, 0.717) is 16.0 Å². The number of amides is 1. The fourth-order valence-corrected chi connectivity index (χ4v) is 1.59. The monoisotopic (exact) mass is 281 g/mol. The molecule has 2 N–H and O–H groups in total. The highest BCUT2D eigenvalue weighted by atomic mass is 35.5. The Morgan fingerprint density at radius 3 is 2.83 bits per heavy atom. The van der Waals surface area contributed by atoms with Crippen LogP contribution in [0.4, 0.5) is 5.95 Å². The summed E-state index contributed by atoms with van der Waals surface area (Å²) in [6, 6.07) is 5.12. The third-order valence-corrected chi connectivity index (χ3v) is 2.85. The summed E-state index contributed by atoms with van der Waals surface area (Å²) in [5.74, 6) is 0.120. The van der Waals surface area contributed by atoms with Crippen molar-refractivity contribution in [2.75, 3.05) is 5.32 Å². The van der Waals surface area contributed by atoms with Crippen molar-refractivity contribution in [1.29, 1.82) is 0 Å². The van der Waals surface area contributed by atoms with Gasteiger partial charge in [0.15, 0.2) is 0 Å². The number of halogens is 2. The van der Waals surface area contributed by atoms with Crippen molar-refractivity contribution in [3.05, 3.63) is 52.3 Å².